The van der Waals surface area contributed by atoms with Gasteiger partial charge in [0, 0.05) is 0 Å². The van der Waals surface area contributed by atoms with Crippen LogP contribution < -0.4 is 0 Å². The summed E-state index contributed by atoms with van der Waals surface area (Å²) in [7, 11) is 0. The normalized spacial score (nSPS) is 14.6. The van der Waals surface area contributed by atoms with Crippen molar-refractivity contribution in [1.82, 2.24) is 0 Å². The molecule has 0 aromatic heterocycles. The Morgan fingerprint density at radius 1 is 1.17 bits per heavy atom. The summed E-state index contributed by atoms with van der Waals surface area (Å²) in [6.07, 6.45) is 14.0. The van der Waals surface area contributed by atoms with E-state index in [1.807, 2.05) is 0 Å². The predicted octanol–water partition coefficient (Wildman–Crippen LogP) is 4.34. The van der Waals surface area contributed by atoms with Crippen LogP contribution >= 0.6 is 0 Å². The number of allylic oxidation sites excluding steroid dienone is 4. The third-order valence-electron chi connectivity index (χ3n) is 1.97. The standard InChI is InChI=1S/C12H22/c1-4-7-8-11-12(9-5-2)10-6-3/h5,7-9,12H,4,6,10-11H2,1-3H3/b8-7+,9-5+. The second kappa shape index (κ2) is 8.58. The van der Waals surface area contributed by atoms with E-state index in [-0.39, 0.29) is 0 Å². The molecule has 0 heterocycles. The Morgan fingerprint density at radius 3 is 2.42 bits per heavy atom. The van der Waals surface area contributed by atoms with E-state index < -0.39 is 0 Å². The summed E-state index contributed by atoms with van der Waals surface area (Å²) >= 11 is 0. The molecule has 0 aliphatic rings. The van der Waals surface area contributed by atoms with E-state index in [1.54, 1.807) is 0 Å². The molecule has 12 heavy (non-hydrogen) atoms. The summed E-state index contributed by atoms with van der Waals surface area (Å²) in [6, 6.07) is 0. The van der Waals surface area contributed by atoms with E-state index in [9.17, 15) is 0 Å². The molecule has 0 fully saturated rings. The molecule has 70 valence electrons. The third-order valence-corrected chi connectivity index (χ3v) is 1.97. The second-order valence-electron chi connectivity index (χ2n) is 3.19. The van der Waals surface area contributed by atoms with Crippen molar-refractivity contribution in [3.8, 4) is 0 Å². The molecule has 1 unspecified atom stereocenters. The number of hydrogen-bond acceptors (Lipinski definition) is 0. The molecule has 1 atom stereocenters. The Hall–Kier alpha value is -0.520. The second-order valence-corrected chi connectivity index (χ2v) is 3.19. The first kappa shape index (κ1) is 11.5. The predicted molar refractivity (Wildman–Crippen MR) is 57.3 cm³/mol. The van der Waals surface area contributed by atoms with E-state index in [0.717, 1.165) is 12.3 Å². The van der Waals surface area contributed by atoms with Crippen LogP contribution in [0.4, 0.5) is 0 Å². The summed E-state index contributed by atoms with van der Waals surface area (Å²) in [5.41, 5.74) is 0. The molecule has 0 nitrogen and oxygen atoms in total. The molecular formula is C12H22. The number of hydrogen-bond donors (Lipinski definition) is 0. The Morgan fingerprint density at radius 2 is 1.92 bits per heavy atom. The first-order valence-electron chi connectivity index (χ1n) is 5.12. The smallest absolute Gasteiger partial charge is 0.0199 e. The van der Waals surface area contributed by atoms with Crippen LogP contribution in [-0.2, 0) is 0 Å². The molecule has 0 aromatic carbocycles. The first-order chi connectivity index (χ1) is 5.85. The molecule has 0 heteroatoms. The van der Waals surface area contributed by atoms with Crippen LogP contribution in [0.2, 0.25) is 0 Å². The van der Waals surface area contributed by atoms with Crippen LogP contribution in [0.25, 0.3) is 0 Å². The van der Waals surface area contributed by atoms with Crippen molar-refractivity contribution in [2.45, 2.75) is 46.5 Å². The topological polar surface area (TPSA) is 0 Å². The maximum Gasteiger partial charge on any atom is -0.0199 e. The molecule has 0 rings (SSSR count). The van der Waals surface area contributed by atoms with Crippen molar-refractivity contribution >= 4 is 0 Å². The van der Waals surface area contributed by atoms with Gasteiger partial charge in [-0.1, -0.05) is 44.6 Å². The van der Waals surface area contributed by atoms with Crippen LogP contribution in [0.3, 0.4) is 0 Å². The van der Waals surface area contributed by atoms with Crippen LogP contribution in [0.15, 0.2) is 24.3 Å². The fourth-order valence-corrected chi connectivity index (χ4v) is 1.37. The number of rotatable bonds is 6. The van der Waals surface area contributed by atoms with Crippen molar-refractivity contribution < 1.29 is 0 Å². The SMILES string of the molecule is C/C=C/C(C/C=C/CC)CCC. The van der Waals surface area contributed by atoms with Gasteiger partial charge in [-0.15, -0.1) is 0 Å². The minimum Gasteiger partial charge on any atom is -0.0914 e. The van der Waals surface area contributed by atoms with Crippen molar-refractivity contribution in [2.75, 3.05) is 0 Å². The lowest BCUT2D eigenvalue weighted by molar-refractivity contribution is 0.587. The molecule has 0 aliphatic carbocycles. The van der Waals surface area contributed by atoms with E-state index in [4.69, 9.17) is 0 Å². The molecule has 0 saturated carbocycles. The van der Waals surface area contributed by atoms with Gasteiger partial charge >= 0.3 is 0 Å². The van der Waals surface area contributed by atoms with E-state index >= 15 is 0 Å². The minimum atomic E-state index is 0.766. The van der Waals surface area contributed by atoms with Gasteiger partial charge in [0.1, 0.15) is 0 Å². The quantitative estimate of drug-likeness (QED) is 0.515. The molecule has 0 saturated heterocycles. The van der Waals surface area contributed by atoms with Gasteiger partial charge in [0.2, 0.25) is 0 Å². The van der Waals surface area contributed by atoms with Crippen LogP contribution in [-0.4, -0.2) is 0 Å². The average molecular weight is 166 g/mol. The Kier molecular flexibility index (Phi) is 8.20. The zero-order chi connectivity index (χ0) is 9.23. The van der Waals surface area contributed by atoms with Crippen LogP contribution in [0, 0.1) is 5.92 Å². The molecule has 0 aromatic rings. The maximum atomic E-state index is 2.32. The maximum absolute atomic E-state index is 2.32. The lowest BCUT2D eigenvalue weighted by atomic mass is 9.99. The van der Waals surface area contributed by atoms with Gasteiger partial charge in [-0.05, 0) is 32.1 Å². The Labute approximate surface area is 77.4 Å². The van der Waals surface area contributed by atoms with E-state index in [2.05, 4.69) is 45.1 Å². The van der Waals surface area contributed by atoms with E-state index in [0.29, 0.717) is 0 Å². The molecular weight excluding hydrogens is 144 g/mol. The summed E-state index contributed by atoms with van der Waals surface area (Å²) < 4.78 is 0. The zero-order valence-corrected chi connectivity index (χ0v) is 8.72. The highest BCUT2D eigenvalue weighted by molar-refractivity contribution is 4.92. The summed E-state index contributed by atoms with van der Waals surface area (Å²) in [5.74, 6) is 0.766. The molecule has 0 aliphatic heterocycles. The van der Waals surface area contributed by atoms with Gasteiger partial charge in [-0.2, -0.15) is 0 Å². The molecule has 0 spiro atoms. The lowest BCUT2D eigenvalue weighted by Crippen LogP contribution is -1.93. The summed E-state index contributed by atoms with van der Waals surface area (Å²) in [6.45, 7) is 6.53. The fourth-order valence-electron chi connectivity index (χ4n) is 1.37. The monoisotopic (exact) mass is 166 g/mol. The molecule has 0 amide bonds. The highest BCUT2D eigenvalue weighted by Gasteiger charge is 1.98. The van der Waals surface area contributed by atoms with Crippen molar-refractivity contribution in [2.24, 2.45) is 5.92 Å². The van der Waals surface area contributed by atoms with Crippen LogP contribution in [0.5, 0.6) is 0 Å². The van der Waals surface area contributed by atoms with Gasteiger partial charge < -0.3 is 0 Å². The van der Waals surface area contributed by atoms with Gasteiger partial charge in [-0.25, -0.2) is 0 Å². The Bertz CT molecular complexity index is 131. The van der Waals surface area contributed by atoms with Crippen molar-refractivity contribution in [1.29, 1.82) is 0 Å². The Balaban J connectivity index is 3.70. The fraction of sp³-hybridized carbons (Fsp3) is 0.667. The molecule has 0 N–H and O–H groups in total. The molecule has 0 radical (unpaired) electrons. The van der Waals surface area contributed by atoms with Gasteiger partial charge in [-0.3, -0.25) is 0 Å². The first-order valence-corrected chi connectivity index (χ1v) is 5.12. The third kappa shape index (κ3) is 6.21. The summed E-state index contributed by atoms with van der Waals surface area (Å²) in [5, 5.41) is 0. The van der Waals surface area contributed by atoms with Crippen LogP contribution in [0.1, 0.15) is 46.5 Å². The highest BCUT2D eigenvalue weighted by atomic mass is 14.0. The van der Waals surface area contributed by atoms with E-state index in [1.165, 1.54) is 19.3 Å². The molecule has 0 bridgehead atoms. The van der Waals surface area contributed by atoms with Crippen molar-refractivity contribution in [3.05, 3.63) is 24.3 Å². The lowest BCUT2D eigenvalue weighted by Gasteiger charge is -2.07. The van der Waals surface area contributed by atoms with Crippen molar-refractivity contribution in [3.63, 3.8) is 0 Å². The van der Waals surface area contributed by atoms with Gasteiger partial charge in [0.15, 0.2) is 0 Å². The highest BCUT2D eigenvalue weighted by Crippen LogP contribution is 2.13. The zero-order valence-electron chi connectivity index (χ0n) is 8.72. The van der Waals surface area contributed by atoms with Gasteiger partial charge in [0.25, 0.3) is 0 Å². The minimum absolute atomic E-state index is 0.766. The van der Waals surface area contributed by atoms with Gasteiger partial charge in [0.05, 0.1) is 0 Å². The average Bonchev–Trinajstić information content (AvgIpc) is 2.06. The largest absolute Gasteiger partial charge is 0.0914 e. The summed E-state index contributed by atoms with van der Waals surface area (Å²) in [4.78, 5) is 0.